The van der Waals surface area contributed by atoms with Gasteiger partial charge in [0, 0.05) is 51.4 Å². The molecular weight excluding hydrogens is 493 g/mol. The van der Waals surface area contributed by atoms with Crippen LogP contribution in [0.15, 0.2) is 53.5 Å². The van der Waals surface area contributed by atoms with Gasteiger partial charge in [-0.05, 0) is 41.8 Å². The quantitative estimate of drug-likeness (QED) is 0.310. The Morgan fingerprint density at radius 2 is 1.57 bits per heavy atom. The van der Waals surface area contributed by atoms with Crippen molar-refractivity contribution in [2.45, 2.75) is 25.9 Å². The molecule has 0 unspecified atom stereocenters. The number of nitrogens with one attached hydrogen (secondary N) is 3. The van der Waals surface area contributed by atoms with Crippen LogP contribution >= 0.6 is 24.0 Å². The Balaban J connectivity index is 0.00000320. The second-order valence-corrected chi connectivity index (χ2v) is 6.87. The first kappa shape index (κ1) is 23.7. The second kappa shape index (κ2) is 11.5. The maximum absolute atomic E-state index is 11.8. The Morgan fingerprint density at radius 1 is 1.00 bits per heavy atom. The summed E-state index contributed by atoms with van der Waals surface area (Å²) in [6.45, 7) is 2.03. The number of anilines is 1. The van der Waals surface area contributed by atoms with Crippen LogP contribution in [0.1, 0.15) is 34.3 Å². The Kier molecular flexibility index (Phi) is 9.10. The monoisotopic (exact) mass is 521 g/mol. The summed E-state index contributed by atoms with van der Waals surface area (Å²) in [5.41, 5.74) is 3.76. The van der Waals surface area contributed by atoms with Gasteiger partial charge < -0.3 is 20.9 Å². The molecule has 0 radical (unpaired) electrons. The zero-order valence-corrected chi connectivity index (χ0v) is 19.6. The fourth-order valence-electron chi connectivity index (χ4n) is 3.23. The molecule has 2 aromatic rings. The number of benzene rings is 2. The second-order valence-electron chi connectivity index (χ2n) is 6.87. The third-order valence-corrected chi connectivity index (χ3v) is 4.91. The molecule has 160 valence electrons. The molecule has 2 aromatic carbocycles. The van der Waals surface area contributed by atoms with E-state index >= 15 is 0 Å². The van der Waals surface area contributed by atoms with Gasteiger partial charge in [0.15, 0.2) is 5.96 Å². The molecule has 3 rings (SSSR count). The number of halogens is 1. The number of hydrogen-bond acceptors (Lipinski definition) is 3. The number of aliphatic imine (C=N–C) groups is 1. The number of amides is 2. The van der Waals surface area contributed by atoms with Crippen molar-refractivity contribution >= 4 is 47.4 Å². The number of carbonyl (C=O) groups excluding carboxylic acids is 2. The molecule has 0 aromatic heterocycles. The molecule has 3 N–H and O–H groups in total. The van der Waals surface area contributed by atoms with Crippen LogP contribution < -0.4 is 20.9 Å². The van der Waals surface area contributed by atoms with Gasteiger partial charge in [-0.2, -0.15) is 0 Å². The van der Waals surface area contributed by atoms with E-state index in [4.69, 9.17) is 0 Å². The molecule has 0 saturated carbocycles. The fourth-order valence-corrected chi connectivity index (χ4v) is 3.23. The van der Waals surface area contributed by atoms with Crippen molar-refractivity contribution in [2.75, 3.05) is 25.5 Å². The average Bonchev–Trinajstić information content (AvgIpc) is 3.20. The predicted octanol–water partition coefficient (Wildman–Crippen LogP) is 2.66. The predicted molar refractivity (Wildman–Crippen MR) is 130 cm³/mol. The van der Waals surface area contributed by atoms with E-state index in [2.05, 4.69) is 20.9 Å². The summed E-state index contributed by atoms with van der Waals surface area (Å²) in [6, 6.07) is 15.5. The summed E-state index contributed by atoms with van der Waals surface area (Å²) in [5.74, 6) is 0.796. The van der Waals surface area contributed by atoms with Crippen LogP contribution in [0.2, 0.25) is 0 Å². The van der Waals surface area contributed by atoms with Crippen LogP contribution in [-0.4, -0.2) is 38.4 Å². The lowest BCUT2D eigenvalue weighted by atomic mass is 10.1. The lowest BCUT2D eigenvalue weighted by Crippen LogP contribution is -2.36. The Bertz CT molecular complexity index is 881. The van der Waals surface area contributed by atoms with Gasteiger partial charge in [0.1, 0.15) is 0 Å². The van der Waals surface area contributed by atoms with E-state index in [1.54, 1.807) is 26.2 Å². The average molecular weight is 521 g/mol. The number of hydrogen-bond donors (Lipinski definition) is 3. The van der Waals surface area contributed by atoms with E-state index in [-0.39, 0.29) is 35.8 Å². The molecule has 1 fully saturated rings. The molecule has 0 atom stereocenters. The maximum atomic E-state index is 11.8. The first-order valence-corrected chi connectivity index (χ1v) is 9.75. The molecule has 7 nitrogen and oxygen atoms in total. The zero-order valence-electron chi connectivity index (χ0n) is 17.3. The van der Waals surface area contributed by atoms with Crippen LogP contribution in [0.3, 0.4) is 0 Å². The van der Waals surface area contributed by atoms with Gasteiger partial charge in [-0.1, -0.05) is 24.3 Å². The van der Waals surface area contributed by atoms with E-state index in [9.17, 15) is 9.59 Å². The van der Waals surface area contributed by atoms with Crippen LogP contribution in [0.25, 0.3) is 0 Å². The van der Waals surface area contributed by atoms with Crippen molar-refractivity contribution in [3.8, 4) is 0 Å². The number of nitrogens with zero attached hydrogens (tertiary/aromatic N) is 2. The highest BCUT2D eigenvalue weighted by Gasteiger charge is 2.21. The van der Waals surface area contributed by atoms with Crippen molar-refractivity contribution in [1.82, 2.24) is 16.0 Å². The minimum absolute atomic E-state index is 0. The van der Waals surface area contributed by atoms with Gasteiger partial charge >= 0.3 is 0 Å². The summed E-state index contributed by atoms with van der Waals surface area (Å²) in [4.78, 5) is 29.5. The van der Waals surface area contributed by atoms with Crippen molar-refractivity contribution in [3.05, 3.63) is 65.2 Å². The van der Waals surface area contributed by atoms with Crippen LogP contribution in [-0.2, 0) is 17.9 Å². The highest BCUT2D eigenvalue weighted by atomic mass is 127. The lowest BCUT2D eigenvalue weighted by molar-refractivity contribution is -0.117. The third-order valence-electron chi connectivity index (χ3n) is 4.91. The van der Waals surface area contributed by atoms with Crippen molar-refractivity contribution < 1.29 is 9.59 Å². The van der Waals surface area contributed by atoms with Gasteiger partial charge in [-0.15, -0.1) is 24.0 Å². The smallest absolute Gasteiger partial charge is 0.251 e. The molecule has 0 spiro atoms. The van der Waals surface area contributed by atoms with Crippen LogP contribution in [0.5, 0.6) is 0 Å². The van der Waals surface area contributed by atoms with Gasteiger partial charge in [0.2, 0.25) is 5.91 Å². The number of carbonyl (C=O) groups is 2. The van der Waals surface area contributed by atoms with Gasteiger partial charge in [0.25, 0.3) is 5.91 Å². The topological polar surface area (TPSA) is 85.8 Å². The van der Waals surface area contributed by atoms with E-state index in [1.807, 2.05) is 41.3 Å². The highest BCUT2D eigenvalue weighted by Crippen LogP contribution is 2.21. The number of guanidine groups is 1. The van der Waals surface area contributed by atoms with E-state index in [1.165, 1.54) is 0 Å². The molecular formula is C22H28IN5O2. The molecule has 30 heavy (non-hydrogen) atoms. The molecule has 1 aliphatic rings. The first-order chi connectivity index (χ1) is 14.1. The molecule has 1 saturated heterocycles. The molecule has 2 amide bonds. The third kappa shape index (κ3) is 6.19. The minimum Gasteiger partial charge on any atom is -0.355 e. The molecule has 0 bridgehead atoms. The summed E-state index contributed by atoms with van der Waals surface area (Å²) < 4.78 is 0. The van der Waals surface area contributed by atoms with Gasteiger partial charge in [0.05, 0.1) is 0 Å². The molecule has 1 aliphatic heterocycles. The van der Waals surface area contributed by atoms with E-state index in [0.717, 1.165) is 29.8 Å². The maximum Gasteiger partial charge on any atom is 0.251 e. The first-order valence-electron chi connectivity index (χ1n) is 9.75. The molecule has 8 heteroatoms. The minimum atomic E-state index is -0.0953. The van der Waals surface area contributed by atoms with Crippen LogP contribution in [0, 0.1) is 0 Å². The summed E-state index contributed by atoms with van der Waals surface area (Å²) >= 11 is 0. The van der Waals surface area contributed by atoms with Crippen molar-refractivity contribution in [1.29, 1.82) is 0 Å². The summed E-state index contributed by atoms with van der Waals surface area (Å²) in [6.07, 6.45) is 1.57. The number of rotatable bonds is 6. The van der Waals surface area contributed by atoms with Gasteiger partial charge in [-0.3, -0.25) is 14.6 Å². The lowest BCUT2D eigenvalue weighted by Gasteiger charge is -2.16. The Hall–Kier alpha value is -2.62. The fraction of sp³-hybridized carbons (Fsp3) is 0.318. The standard InChI is InChI=1S/C22H27N5O2.HI/c1-23-21(29)18-9-5-16(6-10-18)14-25-22(24-2)26-15-17-7-11-19(12-8-17)27-13-3-4-20(27)28;/h5-12H,3-4,13-15H2,1-2H3,(H,23,29)(H2,24,25,26);1H. The van der Waals surface area contributed by atoms with E-state index in [0.29, 0.717) is 31.0 Å². The van der Waals surface area contributed by atoms with Crippen molar-refractivity contribution in [3.63, 3.8) is 0 Å². The SMILES string of the molecule is CN=C(NCc1ccc(C(=O)NC)cc1)NCc1ccc(N2CCCC2=O)cc1.I. The normalized spacial score (nSPS) is 13.6. The highest BCUT2D eigenvalue weighted by molar-refractivity contribution is 14.0. The summed E-state index contributed by atoms with van der Waals surface area (Å²) in [7, 11) is 3.35. The Morgan fingerprint density at radius 3 is 2.03 bits per heavy atom. The molecule has 1 heterocycles. The Labute approximate surface area is 194 Å². The zero-order chi connectivity index (χ0) is 20.6. The van der Waals surface area contributed by atoms with Gasteiger partial charge in [-0.25, -0.2) is 0 Å². The largest absolute Gasteiger partial charge is 0.355 e. The van der Waals surface area contributed by atoms with Crippen molar-refractivity contribution in [2.24, 2.45) is 4.99 Å². The van der Waals surface area contributed by atoms with Crippen LogP contribution in [0.4, 0.5) is 5.69 Å². The molecule has 0 aliphatic carbocycles. The summed E-state index contributed by atoms with van der Waals surface area (Å²) in [5, 5.41) is 9.16. The van der Waals surface area contributed by atoms with E-state index < -0.39 is 0 Å².